The molecule has 0 amide bonds. The first-order chi connectivity index (χ1) is 11.9. The highest BCUT2D eigenvalue weighted by Crippen LogP contribution is 2.41. The average Bonchev–Trinajstić information content (AvgIpc) is 2.67. The first-order valence-corrected chi connectivity index (χ1v) is 9.77. The Balaban J connectivity index is 2.84. The smallest absolute Gasteiger partial charge is 0.0147 e. The lowest BCUT2D eigenvalue weighted by atomic mass is 9.86. The normalized spacial score (nSPS) is 19.8. The van der Waals surface area contributed by atoms with E-state index in [0.29, 0.717) is 5.92 Å². The Hall–Kier alpha value is -1.82. The Morgan fingerprint density at radius 3 is 2.44 bits per heavy atom. The summed E-state index contributed by atoms with van der Waals surface area (Å²) in [5.74, 6) is 0.522. The van der Waals surface area contributed by atoms with E-state index in [4.69, 9.17) is 0 Å². The summed E-state index contributed by atoms with van der Waals surface area (Å²) < 4.78 is 0. The van der Waals surface area contributed by atoms with Crippen LogP contribution in [0.15, 0.2) is 53.7 Å². The van der Waals surface area contributed by atoms with Crippen LogP contribution in [0.4, 0.5) is 0 Å². The summed E-state index contributed by atoms with van der Waals surface area (Å²) in [4.78, 5) is 0. The van der Waals surface area contributed by atoms with Crippen molar-refractivity contribution in [2.75, 3.05) is 0 Å². The average molecular weight is 335 g/mol. The van der Waals surface area contributed by atoms with Crippen LogP contribution >= 0.6 is 0 Å². The zero-order valence-corrected chi connectivity index (χ0v) is 17.0. The quantitative estimate of drug-likeness (QED) is 0.488. The van der Waals surface area contributed by atoms with E-state index in [9.17, 15) is 0 Å². The molecule has 0 aliphatic heterocycles. The third kappa shape index (κ3) is 4.06. The first-order valence-electron chi connectivity index (χ1n) is 9.77. The van der Waals surface area contributed by atoms with E-state index in [-0.39, 0.29) is 0 Å². The predicted molar refractivity (Wildman–Crippen MR) is 113 cm³/mol. The van der Waals surface area contributed by atoms with Crippen molar-refractivity contribution < 1.29 is 0 Å². The fourth-order valence-corrected chi connectivity index (χ4v) is 4.13. The van der Waals surface area contributed by atoms with Gasteiger partial charge in [-0.1, -0.05) is 69.7 Å². The molecule has 0 aromatic heterocycles. The number of benzene rings is 1. The van der Waals surface area contributed by atoms with Crippen molar-refractivity contribution in [1.29, 1.82) is 0 Å². The van der Waals surface area contributed by atoms with Crippen molar-refractivity contribution in [2.24, 2.45) is 5.92 Å². The lowest BCUT2D eigenvalue weighted by Gasteiger charge is -2.19. The van der Waals surface area contributed by atoms with Gasteiger partial charge >= 0.3 is 0 Å². The molecule has 0 bridgehead atoms. The molecule has 1 atom stereocenters. The molecule has 1 aromatic rings. The molecular formula is C25H34. The molecule has 25 heavy (non-hydrogen) atoms. The lowest BCUT2D eigenvalue weighted by Crippen LogP contribution is -2.02. The second-order valence-corrected chi connectivity index (χ2v) is 7.46. The maximum atomic E-state index is 3.86. The van der Waals surface area contributed by atoms with Gasteiger partial charge in [0, 0.05) is 0 Å². The molecule has 2 rings (SSSR count). The minimum Gasteiger partial charge on any atom is -0.0991 e. The first kappa shape index (κ1) is 19.5. The summed E-state index contributed by atoms with van der Waals surface area (Å²) in [7, 11) is 0. The molecule has 0 radical (unpaired) electrons. The molecular weight excluding hydrogens is 300 g/mol. The maximum absolute atomic E-state index is 3.86. The third-order valence-corrected chi connectivity index (χ3v) is 5.60. The van der Waals surface area contributed by atoms with Crippen molar-refractivity contribution in [2.45, 2.75) is 67.2 Å². The molecule has 0 heterocycles. The Morgan fingerprint density at radius 1 is 1.16 bits per heavy atom. The molecule has 1 unspecified atom stereocenters. The molecule has 0 N–H and O–H groups in total. The second kappa shape index (κ2) is 8.52. The number of allylic oxidation sites excluding steroid dienone is 7. The number of fused-ring (bicyclic) bond motifs is 1. The molecule has 0 fully saturated rings. The standard InChI is InChI=1S/C25H34/c1-8-11-13-23-19(6)15-22-14-17(4)18(5)16-24(22)25(20(23)7)21(10-3)12-9-2/h8,11,13-14,16,19H,1,9-10,12,15H2,2-7H3/b13-11-,25-21-. The number of hydrogen-bond donors (Lipinski definition) is 0. The van der Waals surface area contributed by atoms with Crippen LogP contribution in [0.5, 0.6) is 0 Å². The number of hydrogen-bond acceptors (Lipinski definition) is 0. The maximum Gasteiger partial charge on any atom is -0.0147 e. The molecule has 0 heteroatoms. The van der Waals surface area contributed by atoms with E-state index in [0.717, 1.165) is 12.8 Å². The SMILES string of the molecule is C=C/C=C\C1=C(C)C(=C(\CC)CCC)/c2cc(C)c(C)cc2CC1C. The van der Waals surface area contributed by atoms with Gasteiger partial charge in [-0.05, 0) is 84.9 Å². The van der Waals surface area contributed by atoms with E-state index < -0.39 is 0 Å². The van der Waals surface area contributed by atoms with Gasteiger partial charge in [0.1, 0.15) is 0 Å². The van der Waals surface area contributed by atoms with E-state index in [2.05, 4.69) is 72.4 Å². The van der Waals surface area contributed by atoms with Crippen LogP contribution in [0.1, 0.15) is 69.2 Å². The van der Waals surface area contributed by atoms with Gasteiger partial charge in [-0.3, -0.25) is 0 Å². The highest BCUT2D eigenvalue weighted by atomic mass is 14.3. The van der Waals surface area contributed by atoms with Gasteiger partial charge in [-0.25, -0.2) is 0 Å². The molecule has 134 valence electrons. The van der Waals surface area contributed by atoms with Crippen LogP contribution in [0.3, 0.4) is 0 Å². The van der Waals surface area contributed by atoms with E-state index >= 15 is 0 Å². The van der Waals surface area contributed by atoms with Gasteiger partial charge in [-0.15, -0.1) is 0 Å². The topological polar surface area (TPSA) is 0 Å². The molecule has 0 saturated carbocycles. The molecule has 0 saturated heterocycles. The van der Waals surface area contributed by atoms with Crippen molar-refractivity contribution in [1.82, 2.24) is 0 Å². The second-order valence-electron chi connectivity index (χ2n) is 7.46. The van der Waals surface area contributed by atoms with Crippen molar-refractivity contribution in [3.05, 3.63) is 75.9 Å². The molecule has 0 nitrogen and oxygen atoms in total. The summed E-state index contributed by atoms with van der Waals surface area (Å²) >= 11 is 0. The minimum absolute atomic E-state index is 0.522. The fourth-order valence-electron chi connectivity index (χ4n) is 4.13. The van der Waals surface area contributed by atoms with Crippen LogP contribution in [0.25, 0.3) is 5.57 Å². The van der Waals surface area contributed by atoms with Crippen LogP contribution < -0.4 is 0 Å². The monoisotopic (exact) mass is 334 g/mol. The van der Waals surface area contributed by atoms with Crippen molar-refractivity contribution in [3.8, 4) is 0 Å². The third-order valence-electron chi connectivity index (χ3n) is 5.60. The van der Waals surface area contributed by atoms with Crippen LogP contribution in [-0.4, -0.2) is 0 Å². The minimum atomic E-state index is 0.522. The Kier molecular flexibility index (Phi) is 6.64. The van der Waals surface area contributed by atoms with Gasteiger partial charge < -0.3 is 0 Å². The zero-order chi connectivity index (χ0) is 18.6. The van der Waals surface area contributed by atoms with Crippen LogP contribution in [-0.2, 0) is 6.42 Å². The Bertz CT molecular complexity index is 738. The highest BCUT2D eigenvalue weighted by Gasteiger charge is 2.24. The Morgan fingerprint density at radius 2 is 1.84 bits per heavy atom. The summed E-state index contributed by atoms with van der Waals surface area (Å²) in [5, 5.41) is 0. The summed E-state index contributed by atoms with van der Waals surface area (Å²) in [6.45, 7) is 17.6. The number of aryl methyl sites for hydroxylation is 2. The van der Waals surface area contributed by atoms with Gasteiger partial charge in [-0.2, -0.15) is 0 Å². The van der Waals surface area contributed by atoms with E-state index in [1.54, 1.807) is 5.57 Å². The predicted octanol–water partition coefficient (Wildman–Crippen LogP) is 7.52. The molecule has 1 aliphatic rings. The lowest BCUT2D eigenvalue weighted by molar-refractivity contribution is 0.692. The zero-order valence-electron chi connectivity index (χ0n) is 17.0. The summed E-state index contributed by atoms with van der Waals surface area (Å²) in [5.41, 5.74) is 11.8. The largest absolute Gasteiger partial charge is 0.0991 e. The van der Waals surface area contributed by atoms with Gasteiger partial charge in [0.25, 0.3) is 0 Å². The number of rotatable bonds is 5. The van der Waals surface area contributed by atoms with Crippen LogP contribution in [0, 0.1) is 19.8 Å². The summed E-state index contributed by atoms with van der Waals surface area (Å²) in [6, 6.07) is 4.86. The van der Waals surface area contributed by atoms with E-state index in [1.807, 2.05) is 6.08 Å². The summed E-state index contributed by atoms with van der Waals surface area (Å²) in [6.07, 6.45) is 10.9. The molecule has 1 aliphatic carbocycles. The highest BCUT2D eigenvalue weighted by molar-refractivity contribution is 5.85. The van der Waals surface area contributed by atoms with Gasteiger partial charge in [0.2, 0.25) is 0 Å². The fraction of sp³-hybridized carbons (Fsp3) is 0.440. The molecule has 0 spiro atoms. The van der Waals surface area contributed by atoms with Gasteiger partial charge in [0.15, 0.2) is 0 Å². The van der Waals surface area contributed by atoms with Crippen molar-refractivity contribution >= 4 is 5.57 Å². The van der Waals surface area contributed by atoms with Gasteiger partial charge in [0.05, 0.1) is 0 Å². The van der Waals surface area contributed by atoms with E-state index in [1.165, 1.54) is 51.8 Å². The van der Waals surface area contributed by atoms with Crippen molar-refractivity contribution in [3.63, 3.8) is 0 Å². The Labute approximate surface area is 155 Å². The van der Waals surface area contributed by atoms with Crippen LogP contribution in [0.2, 0.25) is 0 Å². The molecule has 1 aromatic carbocycles.